The third-order valence-electron chi connectivity index (χ3n) is 8.83. The number of hydrogen-bond donors (Lipinski definition) is 5. The van der Waals surface area contributed by atoms with E-state index < -0.39 is 37.0 Å². The summed E-state index contributed by atoms with van der Waals surface area (Å²) in [6, 6.07) is 9.58. The zero-order valence-electron chi connectivity index (χ0n) is 27.3. The smallest absolute Gasteiger partial charge is 0.387 e. The molecule has 5 N–H and O–H groups in total. The first-order valence-corrected chi connectivity index (χ1v) is 16.6. The number of pyridine rings is 2. The topological polar surface area (TPSA) is 172 Å². The number of aliphatic hydroxyl groups excluding tert-OH is 2. The lowest BCUT2D eigenvalue weighted by atomic mass is 9.94. The minimum atomic E-state index is -2.95. The Bertz CT molecular complexity index is 1900. The van der Waals surface area contributed by atoms with Crippen LogP contribution in [0.3, 0.4) is 0 Å². The molecule has 0 bridgehead atoms. The van der Waals surface area contributed by atoms with Crippen molar-refractivity contribution < 1.29 is 38.0 Å². The average molecular weight is 707 g/mol. The molecule has 15 heteroatoms. The van der Waals surface area contributed by atoms with E-state index in [9.17, 15) is 33.0 Å². The van der Waals surface area contributed by atoms with Crippen molar-refractivity contribution in [3.8, 4) is 22.6 Å². The van der Waals surface area contributed by atoms with Crippen LogP contribution in [0, 0.1) is 5.82 Å². The van der Waals surface area contributed by atoms with E-state index in [1.165, 1.54) is 35.2 Å². The second-order valence-electron chi connectivity index (χ2n) is 12.8. The molecule has 12 nitrogen and oxygen atoms in total. The van der Waals surface area contributed by atoms with Crippen LogP contribution in [0.1, 0.15) is 62.0 Å². The van der Waals surface area contributed by atoms with Gasteiger partial charge in [-0.15, -0.1) is 0 Å². The van der Waals surface area contributed by atoms with Crippen molar-refractivity contribution in [2.45, 2.75) is 81.8 Å². The molecule has 2 aliphatic carbocycles. The van der Waals surface area contributed by atoms with Crippen molar-refractivity contribution in [1.82, 2.24) is 19.5 Å². The molecule has 4 aromatic rings. The van der Waals surface area contributed by atoms with Crippen molar-refractivity contribution >= 4 is 23.8 Å². The summed E-state index contributed by atoms with van der Waals surface area (Å²) >= 11 is 0. The van der Waals surface area contributed by atoms with Crippen molar-refractivity contribution in [2.24, 2.45) is 0 Å². The maximum atomic E-state index is 14.1. The third-order valence-corrected chi connectivity index (χ3v) is 8.83. The van der Waals surface area contributed by atoms with E-state index >= 15 is 0 Å². The summed E-state index contributed by atoms with van der Waals surface area (Å²) in [6.45, 7) is -2.95. The molecule has 4 atom stereocenters. The highest BCUT2D eigenvalue weighted by Crippen LogP contribution is 2.43. The monoisotopic (exact) mass is 706 g/mol. The summed E-state index contributed by atoms with van der Waals surface area (Å²) < 4.78 is 44.5. The van der Waals surface area contributed by atoms with Gasteiger partial charge in [0.15, 0.2) is 5.75 Å². The number of alkyl halides is 2. The summed E-state index contributed by atoms with van der Waals surface area (Å²) in [6.07, 6.45) is 9.55. The van der Waals surface area contributed by atoms with Gasteiger partial charge in [0, 0.05) is 35.8 Å². The molecule has 51 heavy (non-hydrogen) atoms. The molecule has 2 aliphatic rings. The lowest BCUT2D eigenvalue weighted by molar-refractivity contribution is -0.139. The Balaban J connectivity index is 1.20. The number of halogens is 3. The molecular formula is C36H37F3N6O6. The number of rotatable bonds is 15. The van der Waals surface area contributed by atoms with E-state index in [4.69, 9.17) is 5.11 Å². The van der Waals surface area contributed by atoms with E-state index in [-0.39, 0.29) is 35.7 Å². The molecule has 2 saturated carbocycles. The van der Waals surface area contributed by atoms with Gasteiger partial charge in [0.2, 0.25) is 5.95 Å². The summed E-state index contributed by atoms with van der Waals surface area (Å²) in [5, 5.41) is 36.1. The zero-order chi connectivity index (χ0) is 36.1. The van der Waals surface area contributed by atoms with Crippen LogP contribution in [0.25, 0.3) is 22.9 Å². The van der Waals surface area contributed by atoms with Gasteiger partial charge in [0.05, 0.1) is 42.9 Å². The number of nitrogens with one attached hydrogen (secondary N) is 2. The first-order chi connectivity index (χ1) is 24.5. The maximum absolute atomic E-state index is 14.1. The van der Waals surface area contributed by atoms with Crippen LogP contribution in [-0.2, 0) is 4.79 Å². The van der Waals surface area contributed by atoms with Crippen LogP contribution in [0.15, 0.2) is 72.1 Å². The molecule has 268 valence electrons. The minimum Gasteiger partial charge on any atom is -0.481 e. The number of carboxylic acids is 1. The van der Waals surface area contributed by atoms with Gasteiger partial charge in [0.25, 0.3) is 5.56 Å². The van der Waals surface area contributed by atoms with Crippen LogP contribution >= 0.6 is 0 Å². The second-order valence-corrected chi connectivity index (χ2v) is 12.8. The second kappa shape index (κ2) is 15.7. The number of anilines is 2. The number of ether oxygens (including phenoxy) is 1. The molecule has 0 radical (unpaired) electrons. The van der Waals surface area contributed by atoms with Crippen molar-refractivity contribution in [2.75, 3.05) is 10.6 Å². The minimum absolute atomic E-state index is 0.0225. The molecule has 6 rings (SSSR count). The average Bonchev–Trinajstić information content (AvgIpc) is 3.83. The number of benzene rings is 1. The molecule has 0 spiro atoms. The van der Waals surface area contributed by atoms with E-state index in [2.05, 4.69) is 30.3 Å². The number of hydrogen-bond acceptors (Lipinski definition) is 10. The number of aliphatic hydroxyl groups is 2. The fraction of sp³-hybridized carbons (Fsp3) is 0.361. The summed E-state index contributed by atoms with van der Waals surface area (Å²) in [4.78, 5) is 37.7. The Labute approximate surface area is 290 Å². The molecule has 3 heterocycles. The largest absolute Gasteiger partial charge is 0.481 e. The van der Waals surface area contributed by atoms with Gasteiger partial charge in [-0.3, -0.25) is 14.2 Å². The lowest BCUT2D eigenvalue weighted by Gasteiger charge is -2.18. The normalized spacial score (nSPS) is 18.5. The lowest BCUT2D eigenvalue weighted by Crippen LogP contribution is -2.24. The van der Waals surface area contributed by atoms with Crippen molar-refractivity contribution in [3.63, 3.8) is 0 Å². The maximum Gasteiger partial charge on any atom is 0.387 e. The highest BCUT2D eigenvalue weighted by molar-refractivity contribution is 5.77. The summed E-state index contributed by atoms with van der Waals surface area (Å²) in [7, 11) is 0. The Morgan fingerprint density at radius 1 is 0.980 bits per heavy atom. The standard InChI is InChI=1S/C36H37F3N6O6/c37-22-5-3-20(4-6-22)30-19-45(34(50)33(21-1-2-21)29(30)11-10-26(46)14-27(47)15-32(48)49)25-9-12-31(40-16-25)43-23-7-8-24(13-23)44-36-41-17-28(18-42-36)51-35(38)39/h3-6,9-12,16-19,21,23-24,26-27,35,46-47H,1-2,7-8,13-15H2,(H,40,43)(H,48,49)(H,41,42,44)/b11-10+/t23-,24-,26+,27+/m0/s1. The fourth-order valence-corrected chi connectivity index (χ4v) is 6.30. The molecule has 1 aromatic carbocycles. The summed E-state index contributed by atoms with van der Waals surface area (Å²) in [5.41, 5.74) is 2.63. The fourth-order valence-electron chi connectivity index (χ4n) is 6.30. The van der Waals surface area contributed by atoms with Gasteiger partial charge >= 0.3 is 12.6 Å². The quantitative estimate of drug-likeness (QED) is 0.108. The zero-order valence-corrected chi connectivity index (χ0v) is 27.3. The molecule has 0 amide bonds. The molecule has 0 aliphatic heterocycles. The first kappa shape index (κ1) is 35.5. The van der Waals surface area contributed by atoms with Crippen LogP contribution in [0.2, 0.25) is 0 Å². The molecule has 0 saturated heterocycles. The third kappa shape index (κ3) is 9.29. The van der Waals surface area contributed by atoms with Crippen LogP contribution in [-0.4, -0.2) is 71.7 Å². The number of carbonyl (C=O) groups is 1. The Morgan fingerprint density at radius 3 is 2.31 bits per heavy atom. The van der Waals surface area contributed by atoms with E-state index in [1.807, 2.05) is 0 Å². The number of carboxylic acid groups (broad SMARTS) is 1. The molecule has 2 fully saturated rings. The first-order valence-electron chi connectivity index (χ1n) is 16.6. The molecular weight excluding hydrogens is 669 g/mol. The van der Waals surface area contributed by atoms with E-state index in [0.29, 0.717) is 39.7 Å². The predicted octanol–water partition coefficient (Wildman–Crippen LogP) is 5.35. The summed E-state index contributed by atoms with van der Waals surface area (Å²) in [5.74, 6) is -0.820. The van der Waals surface area contributed by atoms with Crippen LogP contribution in [0.4, 0.5) is 24.9 Å². The Hall–Kier alpha value is -5.28. The van der Waals surface area contributed by atoms with Crippen molar-refractivity contribution in [3.05, 3.63) is 94.6 Å². The highest BCUT2D eigenvalue weighted by atomic mass is 19.3. The number of nitrogens with zero attached hydrogens (tertiary/aromatic N) is 4. The molecule has 3 aromatic heterocycles. The number of aromatic nitrogens is 4. The predicted molar refractivity (Wildman–Crippen MR) is 182 cm³/mol. The van der Waals surface area contributed by atoms with Gasteiger partial charge in [0.1, 0.15) is 11.6 Å². The van der Waals surface area contributed by atoms with Gasteiger partial charge in [-0.2, -0.15) is 8.78 Å². The van der Waals surface area contributed by atoms with Gasteiger partial charge in [-0.25, -0.2) is 19.3 Å². The Kier molecular flexibility index (Phi) is 11.0. The van der Waals surface area contributed by atoms with Gasteiger partial charge < -0.3 is 30.7 Å². The van der Waals surface area contributed by atoms with Crippen molar-refractivity contribution in [1.29, 1.82) is 0 Å². The van der Waals surface area contributed by atoms with Crippen LogP contribution in [0.5, 0.6) is 5.75 Å². The SMILES string of the molecule is O=C(O)C[C@H](O)C[C@H](O)/C=C/c1c(-c2ccc(F)cc2)cn(-c2ccc(N[C@H]3CC[C@H](Nc4ncc(OC(F)F)cn4)C3)nc2)c(=O)c1C1CC1. The number of aliphatic carboxylic acids is 1. The van der Waals surface area contributed by atoms with E-state index in [1.54, 1.807) is 42.7 Å². The van der Waals surface area contributed by atoms with Gasteiger partial charge in [-0.1, -0.05) is 24.3 Å². The highest BCUT2D eigenvalue weighted by Gasteiger charge is 2.31. The van der Waals surface area contributed by atoms with E-state index in [0.717, 1.165) is 32.1 Å². The van der Waals surface area contributed by atoms with Gasteiger partial charge in [-0.05, 0) is 73.4 Å². The Morgan fingerprint density at radius 2 is 1.69 bits per heavy atom. The van der Waals surface area contributed by atoms with Crippen LogP contribution < -0.4 is 20.9 Å². The molecule has 0 unspecified atom stereocenters.